The molecule has 2 amide bonds. The van der Waals surface area contributed by atoms with E-state index in [4.69, 9.17) is 0 Å². The molecule has 168 valence electrons. The minimum Gasteiger partial charge on any atom is -0.343 e. The number of carbonyl (C=O) groups is 2. The lowest BCUT2D eigenvalue weighted by molar-refractivity contribution is -0.123. The highest BCUT2D eigenvalue weighted by Crippen LogP contribution is 2.26. The second-order valence-corrected chi connectivity index (χ2v) is 8.62. The fraction of sp³-hybridized carbons (Fsp3) is 0.280. The summed E-state index contributed by atoms with van der Waals surface area (Å²) in [6.45, 7) is 4.78. The lowest BCUT2D eigenvalue weighted by Crippen LogP contribution is -2.42. The molecule has 0 spiro atoms. The molecule has 0 saturated heterocycles. The molecule has 1 heterocycles. The van der Waals surface area contributed by atoms with Gasteiger partial charge >= 0.3 is 0 Å². The van der Waals surface area contributed by atoms with E-state index in [9.17, 15) is 14.0 Å². The van der Waals surface area contributed by atoms with Gasteiger partial charge in [0, 0.05) is 10.6 Å². The fourth-order valence-electron chi connectivity index (χ4n) is 3.48. The van der Waals surface area contributed by atoms with E-state index in [0.29, 0.717) is 6.54 Å². The average molecular weight is 454 g/mol. The van der Waals surface area contributed by atoms with Crippen LogP contribution in [0.1, 0.15) is 35.4 Å². The van der Waals surface area contributed by atoms with Gasteiger partial charge < -0.3 is 10.6 Å². The molecule has 1 atom stereocenters. The normalized spacial score (nSPS) is 11.9. The number of hydrogen-bond donors (Lipinski definition) is 2. The van der Waals surface area contributed by atoms with E-state index in [1.807, 2.05) is 60.5 Å². The number of amides is 2. The molecule has 1 unspecified atom stereocenters. The highest BCUT2D eigenvalue weighted by Gasteiger charge is 2.21. The molecular weight excluding hydrogens is 425 g/mol. The summed E-state index contributed by atoms with van der Waals surface area (Å²) in [6.07, 6.45) is 0.817. The number of nitrogens with one attached hydrogen (secondary N) is 2. The lowest BCUT2D eigenvalue weighted by atomic mass is 10.1. The van der Waals surface area contributed by atoms with E-state index >= 15 is 0 Å². The summed E-state index contributed by atoms with van der Waals surface area (Å²) in [5.74, 6) is -0.669. The molecule has 32 heavy (non-hydrogen) atoms. The quantitative estimate of drug-likeness (QED) is 0.466. The van der Waals surface area contributed by atoms with Crippen LogP contribution in [0.15, 0.2) is 66.0 Å². The van der Waals surface area contributed by atoms with Crippen molar-refractivity contribution >= 4 is 28.8 Å². The van der Waals surface area contributed by atoms with Crippen LogP contribution < -0.4 is 10.6 Å². The molecule has 0 bridgehead atoms. The predicted octanol–water partition coefficient (Wildman–Crippen LogP) is 4.75. The number of anilines is 1. The Kier molecular flexibility index (Phi) is 8.53. The summed E-state index contributed by atoms with van der Waals surface area (Å²) in [5, 5.41) is 7.91. The highest BCUT2D eigenvalue weighted by molar-refractivity contribution is 7.10. The number of carbonyl (C=O) groups excluding carboxylic acids is 2. The van der Waals surface area contributed by atoms with Crippen LogP contribution in [0.4, 0.5) is 10.1 Å². The maximum Gasteiger partial charge on any atom is 0.238 e. The van der Waals surface area contributed by atoms with Crippen LogP contribution in [0, 0.1) is 12.7 Å². The van der Waals surface area contributed by atoms with Crippen LogP contribution >= 0.6 is 11.3 Å². The first-order valence-corrected chi connectivity index (χ1v) is 11.5. The largest absolute Gasteiger partial charge is 0.343 e. The van der Waals surface area contributed by atoms with Crippen LogP contribution in [-0.4, -0.2) is 36.3 Å². The third kappa shape index (κ3) is 6.73. The van der Waals surface area contributed by atoms with Crippen LogP contribution in [0.25, 0.3) is 0 Å². The van der Waals surface area contributed by atoms with Gasteiger partial charge in [0.05, 0.1) is 19.1 Å². The second-order valence-electron chi connectivity index (χ2n) is 7.64. The Morgan fingerprint density at radius 1 is 1.00 bits per heavy atom. The zero-order valence-corrected chi connectivity index (χ0v) is 19.1. The maximum absolute atomic E-state index is 13.4. The molecule has 0 aliphatic rings. The Hall–Kier alpha value is -3.03. The maximum atomic E-state index is 13.4. The molecule has 3 rings (SSSR count). The van der Waals surface area contributed by atoms with Gasteiger partial charge in [-0.25, -0.2) is 4.39 Å². The van der Waals surface area contributed by atoms with Gasteiger partial charge in [-0.2, -0.15) is 0 Å². The third-order valence-electron chi connectivity index (χ3n) is 5.03. The number of halogens is 1. The first-order valence-electron chi connectivity index (χ1n) is 10.6. The van der Waals surface area contributed by atoms with Gasteiger partial charge in [0.2, 0.25) is 11.8 Å². The monoisotopic (exact) mass is 453 g/mol. The van der Waals surface area contributed by atoms with Crippen molar-refractivity contribution in [1.29, 1.82) is 0 Å². The molecule has 3 aromatic rings. The van der Waals surface area contributed by atoms with E-state index in [0.717, 1.165) is 28.1 Å². The minimum atomic E-state index is -0.368. The molecule has 0 fully saturated rings. The van der Waals surface area contributed by atoms with Crippen molar-refractivity contribution in [2.45, 2.75) is 26.3 Å². The van der Waals surface area contributed by atoms with Crippen molar-refractivity contribution in [2.75, 3.05) is 25.0 Å². The van der Waals surface area contributed by atoms with E-state index in [-0.39, 0.29) is 36.8 Å². The summed E-state index contributed by atoms with van der Waals surface area (Å²) in [5.41, 5.74) is 2.56. The number of benzene rings is 2. The Labute approximate surface area is 192 Å². The van der Waals surface area contributed by atoms with Crippen molar-refractivity contribution in [1.82, 2.24) is 10.2 Å². The molecule has 0 saturated carbocycles. The number of rotatable bonds is 10. The third-order valence-corrected chi connectivity index (χ3v) is 5.97. The van der Waals surface area contributed by atoms with E-state index in [2.05, 4.69) is 10.6 Å². The standard InChI is InChI=1S/C25H28FN3O2S/c1-3-14-29(16-23(30)27-21-8-5-4-7-18(21)2)17-24(31)28-25(22-9-6-15-32-22)19-10-12-20(26)13-11-19/h4-13,15,25H,3,14,16-17H2,1-2H3,(H,27,30)(H,28,31). The zero-order chi connectivity index (χ0) is 22.9. The highest BCUT2D eigenvalue weighted by atomic mass is 32.1. The van der Waals surface area contributed by atoms with Crippen LogP contribution in [-0.2, 0) is 9.59 Å². The molecule has 0 aliphatic carbocycles. The summed E-state index contributed by atoms with van der Waals surface area (Å²) < 4.78 is 13.4. The molecule has 5 nitrogen and oxygen atoms in total. The van der Waals surface area contributed by atoms with Gasteiger partial charge in [-0.05, 0) is 60.7 Å². The predicted molar refractivity (Wildman–Crippen MR) is 127 cm³/mol. The van der Waals surface area contributed by atoms with E-state index in [1.54, 1.807) is 12.1 Å². The average Bonchev–Trinajstić information content (AvgIpc) is 3.29. The Bertz CT molecular complexity index is 1020. The summed E-state index contributed by atoms with van der Waals surface area (Å²) in [6, 6.07) is 17.2. The second kappa shape index (κ2) is 11.5. The fourth-order valence-corrected chi connectivity index (χ4v) is 4.28. The topological polar surface area (TPSA) is 61.4 Å². The first kappa shape index (κ1) is 23.6. The summed E-state index contributed by atoms with van der Waals surface area (Å²) in [4.78, 5) is 28.3. The first-order chi connectivity index (χ1) is 15.5. The van der Waals surface area contributed by atoms with Gasteiger partial charge in [-0.15, -0.1) is 11.3 Å². The molecule has 0 aliphatic heterocycles. The van der Waals surface area contributed by atoms with Gasteiger partial charge in [-0.3, -0.25) is 14.5 Å². The molecule has 7 heteroatoms. The number of nitrogens with zero attached hydrogens (tertiary/aromatic N) is 1. The summed E-state index contributed by atoms with van der Waals surface area (Å²) >= 11 is 1.53. The zero-order valence-electron chi connectivity index (χ0n) is 18.3. The number of para-hydroxylation sites is 1. The van der Waals surface area contributed by atoms with Crippen molar-refractivity contribution in [3.63, 3.8) is 0 Å². The van der Waals surface area contributed by atoms with Crippen molar-refractivity contribution in [3.8, 4) is 0 Å². The SMILES string of the molecule is CCCN(CC(=O)Nc1ccccc1C)CC(=O)NC(c1ccc(F)cc1)c1cccs1. The molecule has 2 aromatic carbocycles. The van der Waals surface area contributed by atoms with Crippen LogP contribution in [0.2, 0.25) is 0 Å². The van der Waals surface area contributed by atoms with Gasteiger partial charge in [0.15, 0.2) is 0 Å². The van der Waals surface area contributed by atoms with Crippen LogP contribution in [0.5, 0.6) is 0 Å². The number of thiophene rings is 1. The van der Waals surface area contributed by atoms with E-state index < -0.39 is 0 Å². The Morgan fingerprint density at radius 3 is 2.38 bits per heavy atom. The smallest absolute Gasteiger partial charge is 0.238 e. The Morgan fingerprint density at radius 2 is 1.72 bits per heavy atom. The molecule has 2 N–H and O–H groups in total. The van der Waals surface area contributed by atoms with Crippen molar-refractivity contribution < 1.29 is 14.0 Å². The van der Waals surface area contributed by atoms with Crippen molar-refractivity contribution in [2.24, 2.45) is 0 Å². The van der Waals surface area contributed by atoms with Gasteiger partial charge in [0.1, 0.15) is 5.82 Å². The summed E-state index contributed by atoms with van der Waals surface area (Å²) in [7, 11) is 0. The minimum absolute atomic E-state index is 0.0953. The van der Waals surface area contributed by atoms with Gasteiger partial charge in [-0.1, -0.05) is 43.3 Å². The van der Waals surface area contributed by atoms with Crippen LogP contribution in [0.3, 0.4) is 0 Å². The number of aryl methyl sites for hydroxylation is 1. The molecular formula is C25H28FN3O2S. The lowest BCUT2D eigenvalue weighted by Gasteiger charge is -2.23. The molecule has 1 aromatic heterocycles. The van der Waals surface area contributed by atoms with E-state index in [1.165, 1.54) is 23.5 Å². The Balaban J connectivity index is 1.65. The number of hydrogen-bond acceptors (Lipinski definition) is 4. The van der Waals surface area contributed by atoms with Gasteiger partial charge in [0.25, 0.3) is 0 Å². The molecule has 0 radical (unpaired) electrons. The van der Waals surface area contributed by atoms with Crippen molar-refractivity contribution in [3.05, 3.63) is 87.9 Å².